The highest BCUT2D eigenvalue weighted by Crippen LogP contribution is 2.26. The maximum atomic E-state index is 11.8. The van der Waals surface area contributed by atoms with Gasteiger partial charge in [-0.1, -0.05) is 13.8 Å². The molecule has 0 saturated carbocycles. The molecule has 0 spiro atoms. The average molecular weight is 259 g/mol. The number of nitrogens with zero attached hydrogens (tertiary/aromatic N) is 3. The van der Waals surface area contributed by atoms with Crippen LogP contribution >= 0.6 is 0 Å². The number of fused-ring (bicyclic) bond motifs is 1. The minimum absolute atomic E-state index is 0.202. The number of aryl methyl sites for hydroxylation is 1. The molecule has 19 heavy (non-hydrogen) atoms. The van der Waals surface area contributed by atoms with Gasteiger partial charge in [0.25, 0.3) is 0 Å². The molecule has 102 valence electrons. The highest BCUT2D eigenvalue weighted by atomic mass is 16.1. The first-order valence-electron chi connectivity index (χ1n) is 7.27. The zero-order valence-corrected chi connectivity index (χ0v) is 11.7. The summed E-state index contributed by atoms with van der Waals surface area (Å²) in [7, 11) is 0. The summed E-state index contributed by atoms with van der Waals surface area (Å²) in [5.74, 6) is 2.38. The first-order chi connectivity index (χ1) is 9.13. The van der Waals surface area contributed by atoms with Crippen molar-refractivity contribution in [1.82, 2.24) is 9.97 Å². The Morgan fingerprint density at radius 3 is 2.68 bits per heavy atom. The monoisotopic (exact) mass is 259 g/mol. The number of Topliss-reactive ketones (excluding diaryl/α,β-unsaturated/α-hetero) is 1. The summed E-state index contributed by atoms with van der Waals surface area (Å²) in [6.07, 6.45) is 5.50. The molecular weight excluding hydrogens is 238 g/mol. The summed E-state index contributed by atoms with van der Waals surface area (Å²) < 4.78 is 0. The van der Waals surface area contributed by atoms with Gasteiger partial charge in [0, 0.05) is 25.7 Å². The molecule has 2 aliphatic rings. The molecule has 2 unspecified atom stereocenters. The van der Waals surface area contributed by atoms with Crippen LogP contribution in [0.3, 0.4) is 0 Å². The summed E-state index contributed by atoms with van der Waals surface area (Å²) in [6.45, 7) is 6.61. The molecule has 1 aliphatic carbocycles. The summed E-state index contributed by atoms with van der Waals surface area (Å²) in [5.41, 5.74) is 1.69. The number of aromatic nitrogens is 2. The van der Waals surface area contributed by atoms with Gasteiger partial charge in [-0.15, -0.1) is 0 Å². The number of ketones is 1. The smallest absolute Gasteiger partial charge is 0.225 e. The van der Waals surface area contributed by atoms with Crippen LogP contribution in [-0.4, -0.2) is 28.8 Å². The van der Waals surface area contributed by atoms with Crippen LogP contribution in [0.2, 0.25) is 0 Å². The molecule has 0 bridgehead atoms. The highest BCUT2D eigenvalue weighted by molar-refractivity contribution is 5.97. The van der Waals surface area contributed by atoms with E-state index in [1.807, 2.05) is 0 Å². The molecule has 1 aromatic rings. The Morgan fingerprint density at radius 2 is 1.95 bits per heavy atom. The normalized spacial score (nSPS) is 27.3. The van der Waals surface area contributed by atoms with E-state index in [1.54, 1.807) is 6.20 Å². The third kappa shape index (κ3) is 2.48. The van der Waals surface area contributed by atoms with Crippen molar-refractivity contribution in [1.29, 1.82) is 0 Å². The van der Waals surface area contributed by atoms with Crippen LogP contribution in [0.4, 0.5) is 5.95 Å². The van der Waals surface area contributed by atoms with Gasteiger partial charge in [0.1, 0.15) is 0 Å². The van der Waals surface area contributed by atoms with Crippen LogP contribution in [0.25, 0.3) is 0 Å². The largest absolute Gasteiger partial charge is 0.340 e. The van der Waals surface area contributed by atoms with E-state index in [-0.39, 0.29) is 5.78 Å². The number of piperidine rings is 1. The minimum Gasteiger partial charge on any atom is -0.340 e. The molecule has 4 nitrogen and oxygen atoms in total. The highest BCUT2D eigenvalue weighted by Gasteiger charge is 2.25. The van der Waals surface area contributed by atoms with E-state index >= 15 is 0 Å². The zero-order valence-electron chi connectivity index (χ0n) is 11.7. The fourth-order valence-electron chi connectivity index (χ4n) is 3.36. The lowest BCUT2D eigenvalue weighted by Crippen LogP contribution is -2.40. The Kier molecular flexibility index (Phi) is 3.25. The van der Waals surface area contributed by atoms with E-state index in [9.17, 15) is 4.79 Å². The first-order valence-corrected chi connectivity index (χ1v) is 7.27. The number of carbonyl (C=O) groups is 1. The standard InChI is InChI=1S/C15H21N3O/c1-10-6-11(2)9-18(8-10)15-16-7-12-13(17-15)4-3-5-14(12)19/h7,10-11H,3-6,8-9H2,1-2H3. The van der Waals surface area contributed by atoms with Crippen molar-refractivity contribution in [2.24, 2.45) is 11.8 Å². The van der Waals surface area contributed by atoms with Gasteiger partial charge in [0.05, 0.1) is 11.3 Å². The predicted molar refractivity (Wildman–Crippen MR) is 74.5 cm³/mol. The van der Waals surface area contributed by atoms with Crippen molar-refractivity contribution in [2.45, 2.75) is 39.5 Å². The Hall–Kier alpha value is -1.45. The van der Waals surface area contributed by atoms with Gasteiger partial charge in [0.15, 0.2) is 5.78 Å². The molecule has 1 aliphatic heterocycles. The van der Waals surface area contributed by atoms with Crippen LogP contribution in [0.5, 0.6) is 0 Å². The van der Waals surface area contributed by atoms with E-state index in [1.165, 1.54) is 6.42 Å². The summed E-state index contributed by atoms with van der Waals surface area (Å²) in [6, 6.07) is 0. The lowest BCUT2D eigenvalue weighted by molar-refractivity contribution is 0.0971. The molecule has 1 saturated heterocycles. The second-order valence-corrected chi connectivity index (χ2v) is 6.16. The number of anilines is 1. The van der Waals surface area contributed by atoms with Crippen molar-refractivity contribution in [3.8, 4) is 0 Å². The van der Waals surface area contributed by atoms with E-state index in [0.717, 1.165) is 43.1 Å². The third-order valence-corrected chi connectivity index (χ3v) is 4.12. The fourth-order valence-corrected chi connectivity index (χ4v) is 3.36. The Balaban J connectivity index is 1.87. The maximum absolute atomic E-state index is 11.8. The van der Waals surface area contributed by atoms with Crippen LogP contribution in [-0.2, 0) is 6.42 Å². The second kappa shape index (κ2) is 4.91. The van der Waals surface area contributed by atoms with E-state index in [4.69, 9.17) is 0 Å². The lowest BCUT2D eigenvalue weighted by atomic mass is 9.92. The molecule has 2 heterocycles. The predicted octanol–water partition coefficient (Wildman–Crippen LogP) is 2.48. The molecular formula is C15H21N3O. The third-order valence-electron chi connectivity index (χ3n) is 4.12. The second-order valence-electron chi connectivity index (χ2n) is 6.16. The summed E-state index contributed by atoms with van der Waals surface area (Å²) in [5, 5.41) is 0. The van der Waals surface area contributed by atoms with Gasteiger partial charge in [-0.3, -0.25) is 4.79 Å². The van der Waals surface area contributed by atoms with E-state index < -0.39 is 0 Å². The first kappa shape index (κ1) is 12.6. The van der Waals surface area contributed by atoms with Crippen LogP contribution < -0.4 is 4.90 Å². The summed E-state index contributed by atoms with van der Waals surface area (Å²) in [4.78, 5) is 23.1. The zero-order chi connectivity index (χ0) is 13.4. The van der Waals surface area contributed by atoms with Crippen molar-refractivity contribution in [3.63, 3.8) is 0 Å². The Labute approximate surface area is 114 Å². The van der Waals surface area contributed by atoms with Crippen LogP contribution in [0, 0.1) is 11.8 Å². The quantitative estimate of drug-likeness (QED) is 0.777. The van der Waals surface area contributed by atoms with Crippen LogP contribution in [0.1, 0.15) is 49.2 Å². The molecule has 3 rings (SSSR count). The Bertz CT molecular complexity index is 490. The molecule has 0 N–H and O–H groups in total. The molecule has 1 aromatic heterocycles. The SMILES string of the molecule is CC1CC(C)CN(c2ncc3c(n2)CCCC3=O)C1. The maximum Gasteiger partial charge on any atom is 0.225 e. The van der Waals surface area contributed by atoms with Gasteiger partial charge < -0.3 is 4.90 Å². The van der Waals surface area contributed by atoms with E-state index in [0.29, 0.717) is 18.3 Å². The molecule has 0 aromatic carbocycles. The molecule has 2 atom stereocenters. The van der Waals surface area contributed by atoms with Crippen molar-refractivity contribution in [2.75, 3.05) is 18.0 Å². The van der Waals surface area contributed by atoms with Gasteiger partial charge >= 0.3 is 0 Å². The molecule has 4 heteroatoms. The molecule has 1 fully saturated rings. The topological polar surface area (TPSA) is 46.1 Å². The van der Waals surface area contributed by atoms with Gasteiger partial charge in [0.2, 0.25) is 5.95 Å². The van der Waals surface area contributed by atoms with Crippen molar-refractivity contribution < 1.29 is 4.79 Å². The van der Waals surface area contributed by atoms with Gasteiger partial charge in [-0.05, 0) is 31.1 Å². The van der Waals surface area contributed by atoms with Gasteiger partial charge in [-0.25, -0.2) is 9.97 Å². The van der Waals surface area contributed by atoms with Crippen molar-refractivity contribution >= 4 is 11.7 Å². The number of rotatable bonds is 1. The Morgan fingerprint density at radius 1 is 1.21 bits per heavy atom. The molecule has 0 radical (unpaired) electrons. The van der Waals surface area contributed by atoms with Gasteiger partial charge in [-0.2, -0.15) is 0 Å². The summed E-state index contributed by atoms with van der Waals surface area (Å²) >= 11 is 0. The van der Waals surface area contributed by atoms with Crippen LogP contribution in [0.15, 0.2) is 6.20 Å². The lowest BCUT2D eigenvalue weighted by Gasteiger charge is -2.35. The minimum atomic E-state index is 0.202. The van der Waals surface area contributed by atoms with Crippen molar-refractivity contribution in [3.05, 3.63) is 17.5 Å². The number of hydrogen-bond acceptors (Lipinski definition) is 4. The number of hydrogen-bond donors (Lipinski definition) is 0. The number of carbonyl (C=O) groups excluding carboxylic acids is 1. The molecule has 0 amide bonds. The average Bonchev–Trinajstić information content (AvgIpc) is 2.37. The fraction of sp³-hybridized carbons (Fsp3) is 0.667. The van der Waals surface area contributed by atoms with E-state index in [2.05, 4.69) is 28.7 Å².